The number of nitrogens with two attached hydrogens (primary N) is 1. The van der Waals surface area contributed by atoms with Crippen molar-refractivity contribution >= 4 is 16.8 Å². The van der Waals surface area contributed by atoms with E-state index in [0.717, 1.165) is 29.3 Å². The van der Waals surface area contributed by atoms with Gasteiger partial charge in [-0.3, -0.25) is 4.79 Å². The Kier molecular flexibility index (Phi) is 6.35. The van der Waals surface area contributed by atoms with Crippen LogP contribution in [0.5, 0.6) is 0 Å². The first kappa shape index (κ1) is 22.5. The minimum atomic E-state index is -0.770. The summed E-state index contributed by atoms with van der Waals surface area (Å²) in [7, 11) is 0. The number of aliphatic hydroxyl groups is 1. The standard InChI is InChI=1S/C26H32FN3O2/c1-26(2,32)11-14-30-17-22(20-5-3-4-6-24(20)30)25(31)29-12-9-19(10-13-29)21-15-18(16-28)7-8-23(21)27/h3-8,15,17,19,32H,9-14,16,28H2,1-2H3. The molecule has 3 N–H and O–H groups in total. The minimum Gasteiger partial charge on any atom is -0.390 e. The number of rotatable bonds is 6. The number of amides is 1. The molecule has 1 saturated heterocycles. The third-order valence-corrected chi connectivity index (χ3v) is 6.50. The first-order valence-electron chi connectivity index (χ1n) is 11.3. The van der Waals surface area contributed by atoms with Gasteiger partial charge in [-0.1, -0.05) is 30.3 Å². The van der Waals surface area contributed by atoms with E-state index in [1.807, 2.05) is 41.4 Å². The highest BCUT2D eigenvalue weighted by Gasteiger charge is 2.28. The summed E-state index contributed by atoms with van der Waals surface area (Å²) in [6, 6.07) is 13.0. The van der Waals surface area contributed by atoms with E-state index in [0.29, 0.717) is 43.7 Å². The van der Waals surface area contributed by atoms with Crippen LogP contribution in [-0.2, 0) is 13.1 Å². The molecule has 32 heavy (non-hydrogen) atoms. The molecule has 0 radical (unpaired) electrons. The SMILES string of the molecule is CC(C)(O)CCn1cc(C(=O)N2CCC(c3cc(CN)ccc3F)CC2)c2ccccc21. The summed E-state index contributed by atoms with van der Waals surface area (Å²) in [4.78, 5) is 15.3. The Morgan fingerprint density at radius 3 is 2.59 bits per heavy atom. The van der Waals surface area contributed by atoms with Gasteiger partial charge < -0.3 is 20.3 Å². The van der Waals surface area contributed by atoms with E-state index in [1.54, 1.807) is 19.9 Å². The van der Waals surface area contributed by atoms with Gasteiger partial charge in [0.05, 0.1) is 11.2 Å². The molecule has 1 fully saturated rings. The lowest BCUT2D eigenvalue weighted by molar-refractivity contribution is 0.0666. The van der Waals surface area contributed by atoms with Crippen LogP contribution in [0.25, 0.3) is 10.9 Å². The Balaban J connectivity index is 1.51. The van der Waals surface area contributed by atoms with Crippen molar-refractivity contribution in [3.8, 4) is 0 Å². The normalized spacial score (nSPS) is 15.5. The maximum Gasteiger partial charge on any atom is 0.256 e. The summed E-state index contributed by atoms with van der Waals surface area (Å²) in [6.45, 7) is 5.80. The van der Waals surface area contributed by atoms with Crippen LogP contribution in [-0.4, -0.2) is 39.2 Å². The van der Waals surface area contributed by atoms with Crippen molar-refractivity contribution in [2.75, 3.05) is 13.1 Å². The fourth-order valence-corrected chi connectivity index (χ4v) is 4.59. The summed E-state index contributed by atoms with van der Waals surface area (Å²) in [5, 5.41) is 11.0. The van der Waals surface area contributed by atoms with Gasteiger partial charge in [0, 0.05) is 43.3 Å². The second-order valence-corrected chi connectivity index (χ2v) is 9.44. The molecule has 3 aromatic rings. The quantitative estimate of drug-likeness (QED) is 0.600. The number of aryl methyl sites for hydroxylation is 1. The van der Waals surface area contributed by atoms with Crippen molar-refractivity contribution in [2.45, 2.75) is 57.7 Å². The van der Waals surface area contributed by atoms with E-state index in [-0.39, 0.29) is 17.6 Å². The van der Waals surface area contributed by atoms with Crippen LogP contribution in [0.1, 0.15) is 60.5 Å². The number of aromatic nitrogens is 1. The highest BCUT2D eigenvalue weighted by molar-refractivity contribution is 6.07. The van der Waals surface area contributed by atoms with Crippen LogP contribution < -0.4 is 5.73 Å². The highest BCUT2D eigenvalue weighted by Crippen LogP contribution is 2.32. The lowest BCUT2D eigenvalue weighted by Gasteiger charge is -2.32. The molecule has 0 aliphatic carbocycles. The number of hydrogen-bond acceptors (Lipinski definition) is 3. The molecule has 6 heteroatoms. The van der Waals surface area contributed by atoms with Crippen LogP contribution in [0.4, 0.5) is 4.39 Å². The van der Waals surface area contributed by atoms with Crippen molar-refractivity contribution in [3.63, 3.8) is 0 Å². The van der Waals surface area contributed by atoms with Crippen LogP contribution >= 0.6 is 0 Å². The number of nitrogens with zero attached hydrogens (tertiary/aromatic N) is 2. The molecule has 170 valence electrons. The molecule has 1 aliphatic rings. The van der Waals surface area contributed by atoms with Gasteiger partial charge >= 0.3 is 0 Å². The Hall–Kier alpha value is -2.70. The summed E-state index contributed by atoms with van der Waals surface area (Å²) in [6.07, 6.45) is 3.97. The zero-order valence-corrected chi connectivity index (χ0v) is 18.9. The third-order valence-electron chi connectivity index (χ3n) is 6.50. The molecule has 4 rings (SSSR count). The molecule has 2 heterocycles. The van der Waals surface area contributed by atoms with Crippen molar-refractivity contribution in [2.24, 2.45) is 5.73 Å². The predicted octanol–water partition coefficient (Wildman–Crippen LogP) is 4.42. The maximum atomic E-state index is 14.4. The second kappa shape index (κ2) is 9.04. The summed E-state index contributed by atoms with van der Waals surface area (Å²) < 4.78 is 16.5. The molecular formula is C26H32FN3O2. The van der Waals surface area contributed by atoms with Crippen LogP contribution in [0, 0.1) is 5.82 Å². The number of piperidine rings is 1. The number of carbonyl (C=O) groups is 1. The molecule has 0 spiro atoms. The first-order chi connectivity index (χ1) is 15.3. The Labute approximate surface area is 188 Å². The van der Waals surface area contributed by atoms with Gasteiger partial charge in [0.2, 0.25) is 0 Å². The minimum absolute atomic E-state index is 0.0119. The van der Waals surface area contributed by atoms with Gasteiger partial charge in [0.1, 0.15) is 5.82 Å². The zero-order chi connectivity index (χ0) is 22.9. The average molecular weight is 438 g/mol. The lowest BCUT2D eigenvalue weighted by Crippen LogP contribution is -2.38. The molecular weight excluding hydrogens is 405 g/mol. The molecule has 0 atom stereocenters. The number of halogens is 1. The van der Waals surface area contributed by atoms with Crippen LogP contribution in [0.3, 0.4) is 0 Å². The monoisotopic (exact) mass is 437 g/mol. The molecule has 0 saturated carbocycles. The van der Waals surface area contributed by atoms with E-state index in [1.165, 1.54) is 6.07 Å². The average Bonchev–Trinajstić information content (AvgIpc) is 3.16. The topological polar surface area (TPSA) is 71.5 Å². The van der Waals surface area contributed by atoms with Gasteiger partial charge in [-0.2, -0.15) is 0 Å². The van der Waals surface area contributed by atoms with Gasteiger partial charge in [0.15, 0.2) is 0 Å². The van der Waals surface area contributed by atoms with E-state index < -0.39 is 5.60 Å². The molecule has 5 nitrogen and oxygen atoms in total. The Morgan fingerprint density at radius 2 is 1.91 bits per heavy atom. The number of para-hydroxylation sites is 1. The van der Waals surface area contributed by atoms with Crippen molar-refractivity contribution in [1.29, 1.82) is 0 Å². The van der Waals surface area contributed by atoms with Crippen molar-refractivity contribution in [1.82, 2.24) is 9.47 Å². The molecule has 1 amide bonds. The second-order valence-electron chi connectivity index (χ2n) is 9.44. The summed E-state index contributed by atoms with van der Waals surface area (Å²) >= 11 is 0. The van der Waals surface area contributed by atoms with Gasteiger partial charge in [-0.05, 0) is 62.3 Å². The molecule has 0 bridgehead atoms. The molecule has 1 aromatic heterocycles. The van der Waals surface area contributed by atoms with E-state index in [2.05, 4.69) is 4.57 Å². The van der Waals surface area contributed by atoms with Crippen molar-refractivity contribution < 1.29 is 14.3 Å². The molecule has 0 unspecified atom stereocenters. The predicted molar refractivity (Wildman–Crippen MR) is 125 cm³/mol. The van der Waals surface area contributed by atoms with Gasteiger partial charge in [-0.15, -0.1) is 0 Å². The van der Waals surface area contributed by atoms with Crippen molar-refractivity contribution in [3.05, 3.63) is 71.2 Å². The highest BCUT2D eigenvalue weighted by atomic mass is 19.1. The molecule has 1 aliphatic heterocycles. The number of hydrogen-bond donors (Lipinski definition) is 2. The smallest absolute Gasteiger partial charge is 0.256 e. The van der Waals surface area contributed by atoms with E-state index in [4.69, 9.17) is 5.73 Å². The number of likely N-dealkylation sites (tertiary alicyclic amines) is 1. The fraction of sp³-hybridized carbons (Fsp3) is 0.423. The van der Waals surface area contributed by atoms with Crippen LogP contribution in [0.2, 0.25) is 0 Å². The van der Waals surface area contributed by atoms with Gasteiger partial charge in [-0.25, -0.2) is 4.39 Å². The number of carbonyl (C=O) groups excluding carboxylic acids is 1. The summed E-state index contributed by atoms with van der Waals surface area (Å²) in [5.74, 6) is -0.0848. The third kappa shape index (κ3) is 4.71. The fourth-order valence-electron chi connectivity index (χ4n) is 4.59. The first-order valence-corrected chi connectivity index (χ1v) is 11.3. The maximum absolute atomic E-state index is 14.4. The largest absolute Gasteiger partial charge is 0.390 e. The Bertz CT molecular complexity index is 1110. The zero-order valence-electron chi connectivity index (χ0n) is 18.9. The number of benzene rings is 2. The Morgan fingerprint density at radius 1 is 1.19 bits per heavy atom. The van der Waals surface area contributed by atoms with E-state index in [9.17, 15) is 14.3 Å². The van der Waals surface area contributed by atoms with E-state index >= 15 is 0 Å². The lowest BCUT2D eigenvalue weighted by atomic mass is 9.88. The van der Waals surface area contributed by atoms with Gasteiger partial charge in [0.25, 0.3) is 5.91 Å². The molecule has 2 aromatic carbocycles. The summed E-state index contributed by atoms with van der Waals surface area (Å²) in [5.41, 5.74) is 8.28. The van der Waals surface area contributed by atoms with Crippen LogP contribution in [0.15, 0.2) is 48.7 Å². The number of fused-ring (bicyclic) bond motifs is 1.